The summed E-state index contributed by atoms with van der Waals surface area (Å²) in [7, 11) is 0. The van der Waals surface area contributed by atoms with Gasteiger partial charge < -0.3 is 4.57 Å². The van der Waals surface area contributed by atoms with Crippen LogP contribution in [0.5, 0.6) is 0 Å². The van der Waals surface area contributed by atoms with Crippen molar-refractivity contribution >= 4 is 22.6 Å². The van der Waals surface area contributed by atoms with Gasteiger partial charge >= 0.3 is 0 Å². The van der Waals surface area contributed by atoms with Crippen molar-refractivity contribution in [2.45, 2.75) is 12.4 Å². The number of aromatic nitrogens is 2. The lowest BCUT2D eigenvalue weighted by Crippen LogP contribution is -2.04. The normalized spacial score (nSPS) is 10.7. The Morgan fingerprint density at radius 1 is 1.24 bits per heavy atom. The maximum absolute atomic E-state index is 13.3. The van der Waals surface area contributed by atoms with Crippen molar-refractivity contribution in [3.05, 3.63) is 65.2 Å². The maximum atomic E-state index is 13.3. The number of alkyl halides is 1. The van der Waals surface area contributed by atoms with E-state index >= 15 is 0 Å². The predicted octanol–water partition coefficient (Wildman–Crippen LogP) is 3.83. The largest absolute Gasteiger partial charge is 0.322 e. The van der Waals surface area contributed by atoms with Gasteiger partial charge in [-0.05, 0) is 35.9 Å². The van der Waals surface area contributed by atoms with E-state index in [2.05, 4.69) is 11.1 Å². The third kappa shape index (κ3) is 2.61. The van der Waals surface area contributed by atoms with Crippen molar-refractivity contribution in [2.24, 2.45) is 0 Å². The second-order valence-electron chi connectivity index (χ2n) is 4.69. The summed E-state index contributed by atoms with van der Waals surface area (Å²) in [6.07, 6.45) is 0. The molecule has 0 atom stereocenters. The van der Waals surface area contributed by atoms with Crippen LogP contribution in [0, 0.1) is 17.1 Å². The second-order valence-corrected chi connectivity index (χ2v) is 4.96. The molecule has 3 aromatic rings. The summed E-state index contributed by atoms with van der Waals surface area (Å²) in [5, 5.41) is 9.02. The van der Waals surface area contributed by atoms with Gasteiger partial charge in [0.1, 0.15) is 11.6 Å². The van der Waals surface area contributed by atoms with E-state index < -0.39 is 0 Å². The Hall–Kier alpha value is -2.38. The van der Waals surface area contributed by atoms with Gasteiger partial charge in [0.15, 0.2) is 0 Å². The van der Waals surface area contributed by atoms with Gasteiger partial charge in [-0.3, -0.25) is 0 Å². The van der Waals surface area contributed by atoms with Gasteiger partial charge in [-0.15, -0.1) is 11.6 Å². The minimum atomic E-state index is -0.276. The fourth-order valence-corrected chi connectivity index (χ4v) is 2.54. The van der Waals surface area contributed by atoms with Crippen LogP contribution in [0.4, 0.5) is 4.39 Å². The highest BCUT2D eigenvalue weighted by Crippen LogP contribution is 2.21. The third-order valence-corrected chi connectivity index (χ3v) is 3.54. The molecule has 1 heterocycles. The molecule has 0 saturated carbocycles. The highest BCUT2D eigenvalue weighted by Gasteiger charge is 2.11. The van der Waals surface area contributed by atoms with Gasteiger partial charge in [-0.2, -0.15) is 5.26 Å². The first kappa shape index (κ1) is 13.6. The highest BCUT2D eigenvalue weighted by atomic mass is 35.5. The summed E-state index contributed by atoms with van der Waals surface area (Å²) >= 11 is 5.95. The van der Waals surface area contributed by atoms with Crippen LogP contribution in [0.3, 0.4) is 0 Å². The van der Waals surface area contributed by atoms with Gasteiger partial charge in [0.2, 0.25) is 0 Å². The van der Waals surface area contributed by atoms with Crippen LogP contribution in [0.25, 0.3) is 11.0 Å². The van der Waals surface area contributed by atoms with E-state index in [4.69, 9.17) is 16.9 Å². The molecule has 0 N–H and O–H groups in total. The van der Waals surface area contributed by atoms with Crippen LogP contribution in [-0.2, 0) is 12.4 Å². The lowest BCUT2D eigenvalue weighted by atomic mass is 10.2. The van der Waals surface area contributed by atoms with E-state index in [-0.39, 0.29) is 11.7 Å². The Bertz CT molecular complexity index is 848. The number of benzene rings is 2. The van der Waals surface area contributed by atoms with Crippen LogP contribution in [0.15, 0.2) is 42.5 Å². The van der Waals surface area contributed by atoms with Crippen molar-refractivity contribution in [3.8, 4) is 6.07 Å². The van der Waals surface area contributed by atoms with Gasteiger partial charge in [0.25, 0.3) is 0 Å². The maximum Gasteiger partial charge on any atom is 0.125 e. The van der Waals surface area contributed by atoms with Crippen molar-refractivity contribution < 1.29 is 4.39 Å². The van der Waals surface area contributed by atoms with E-state index in [0.29, 0.717) is 17.9 Å². The molecular weight excluding hydrogens is 289 g/mol. The zero-order valence-corrected chi connectivity index (χ0v) is 11.8. The summed E-state index contributed by atoms with van der Waals surface area (Å²) in [5.74, 6) is 0.680. The van der Waals surface area contributed by atoms with Crippen LogP contribution in [0.2, 0.25) is 0 Å². The zero-order chi connectivity index (χ0) is 14.8. The molecule has 2 aromatic carbocycles. The third-order valence-electron chi connectivity index (χ3n) is 3.31. The first-order chi connectivity index (χ1) is 10.2. The smallest absolute Gasteiger partial charge is 0.125 e. The molecule has 0 fully saturated rings. The quantitative estimate of drug-likeness (QED) is 0.690. The molecule has 0 spiro atoms. The molecule has 0 aliphatic heterocycles. The van der Waals surface area contributed by atoms with Gasteiger partial charge in [0.05, 0.1) is 28.5 Å². The summed E-state index contributed by atoms with van der Waals surface area (Å²) in [5.41, 5.74) is 2.99. The molecule has 0 amide bonds. The number of rotatable bonds is 3. The number of halogens is 2. The summed E-state index contributed by atoms with van der Waals surface area (Å²) in [6.45, 7) is 0.463. The highest BCUT2D eigenvalue weighted by molar-refractivity contribution is 6.16. The number of hydrogen-bond acceptors (Lipinski definition) is 2. The Labute approximate surface area is 126 Å². The van der Waals surface area contributed by atoms with Crippen molar-refractivity contribution in [3.63, 3.8) is 0 Å². The number of hydrogen-bond donors (Lipinski definition) is 0. The van der Waals surface area contributed by atoms with Gasteiger partial charge in [-0.25, -0.2) is 9.37 Å². The van der Waals surface area contributed by atoms with Gasteiger partial charge in [0, 0.05) is 6.54 Å². The first-order valence-corrected chi connectivity index (χ1v) is 6.94. The molecule has 0 unspecified atom stereocenters. The predicted molar refractivity (Wildman–Crippen MR) is 79.5 cm³/mol. The first-order valence-electron chi connectivity index (χ1n) is 6.41. The molecule has 0 saturated heterocycles. The standard InChI is InChI=1S/C16H11ClFN3/c17-8-16-20-14-5-4-11(9-19)7-15(14)21(16)10-12-2-1-3-13(18)6-12/h1-7H,8,10H2. The van der Waals surface area contributed by atoms with Crippen LogP contribution in [-0.4, -0.2) is 9.55 Å². The van der Waals surface area contributed by atoms with Crippen molar-refractivity contribution in [1.29, 1.82) is 5.26 Å². The average Bonchev–Trinajstić information content (AvgIpc) is 2.84. The summed E-state index contributed by atoms with van der Waals surface area (Å²) in [4.78, 5) is 4.45. The molecule has 0 bridgehead atoms. The number of nitriles is 1. The zero-order valence-electron chi connectivity index (χ0n) is 11.1. The van der Waals surface area contributed by atoms with Crippen molar-refractivity contribution in [1.82, 2.24) is 9.55 Å². The fraction of sp³-hybridized carbons (Fsp3) is 0.125. The SMILES string of the molecule is N#Cc1ccc2nc(CCl)n(Cc3cccc(F)c3)c2c1. The second kappa shape index (κ2) is 5.55. The van der Waals surface area contributed by atoms with E-state index in [0.717, 1.165) is 16.6 Å². The van der Waals surface area contributed by atoms with Crippen LogP contribution >= 0.6 is 11.6 Å². The minimum Gasteiger partial charge on any atom is -0.322 e. The van der Waals surface area contributed by atoms with Crippen LogP contribution < -0.4 is 0 Å². The van der Waals surface area contributed by atoms with E-state index in [1.165, 1.54) is 12.1 Å². The molecule has 3 nitrogen and oxygen atoms in total. The summed E-state index contributed by atoms with van der Waals surface area (Å²) in [6, 6.07) is 13.8. The Morgan fingerprint density at radius 3 is 2.81 bits per heavy atom. The lowest BCUT2D eigenvalue weighted by molar-refractivity contribution is 0.623. The molecular formula is C16H11ClFN3. The average molecular weight is 300 g/mol. The Morgan fingerprint density at radius 2 is 2.10 bits per heavy atom. The number of fused-ring (bicyclic) bond motifs is 1. The molecule has 0 aliphatic rings. The molecule has 21 heavy (non-hydrogen) atoms. The Balaban J connectivity index is 2.13. The topological polar surface area (TPSA) is 41.6 Å². The summed E-state index contributed by atoms with van der Waals surface area (Å²) < 4.78 is 15.2. The van der Waals surface area contributed by atoms with Crippen LogP contribution in [0.1, 0.15) is 17.0 Å². The minimum absolute atomic E-state index is 0.256. The molecule has 104 valence electrons. The molecule has 5 heteroatoms. The Kier molecular flexibility index (Phi) is 3.59. The number of nitrogens with zero attached hydrogens (tertiary/aromatic N) is 3. The molecule has 1 aromatic heterocycles. The van der Waals surface area contributed by atoms with E-state index in [1.807, 2.05) is 10.6 Å². The monoisotopic (exact) mass is 299 g/mol. The fourth-order valence-electron chi connectivity index (χ4n) is 2.34. The molecule has 3 rings (SSSR count). The van der Waals surface area contributed by atoms with E-state index in [9.17, 15) is 4.39 Å². The molecule has 0 aliphatic carbocycles. The number of imidazole rings is 1. The lowest BCUT2D eigenvalue weighted by Gasteiger charge is -2.08. The van der Waals surface area contributed by atoms with E-state index in [1.54, 1.807) is 24.3 Å². The van der Waals surface area contributed by atoms with Crippen molar-refractivity contribution in [2.75, 3.05) is 0 Å². The van der Waals surface area contributed by atoms with Gasteiger partial charge in [-0.1, -0.05) is 12.1 Å². The molecule has 0 radical (unpaired) electrons.